The van der Waals surface area contributed by atoms with Gasteiger partial charge in [-0.3, -0.25) is 4.18 Å². The lowest BCUT2D eigenvalue weighted by atomic mass is 9.60. The molecule has 166 valence electrons. The molecule has 7 nitrogen and oxygen atoms in total. The van der Waals surface area contributed by atoms with Crippen molar-refractivity contribution in [3.63, 3.8) is 0 Å². The fourth-order valence-electron chi connectivity index (χ4n) is 8.07. The highest BCUT2D eigenvalue weighted by molar-refractivity contribution is 7.86. The lowest BCUT2D eigenvalue weighted by molar-refractivity contribution is -0.0938. The largest absolute Gasteiger partial charge is 0.509 e. The number of allylic oxidation sites excluding steroid dienone is 2. The van der Waals surface area contributed by atoms with Crippen LogP contribution in [-0.4, -0.2) is 50.8 Å². The summed E-state index contributed by atoms with van der Waals surface area (Å²) in [5.41, 5.74) is -0.678. The zero-order valence-corrected chi connectivity index (χ0v) is 18.6. The van der Waals surface area contributed by atoms with Crippen molar-refractivity contribution >= 4 is 16.3 Å². The summed E-state index contributed by atoms with van der Waals surface area (Å²) in [6.07, 6.45) is 6.16. The van der Waals surface area contributed by atoms with Crippen LogP contribution in [0, 0.1) is 47.3 Å². The molecule has 2 heterocycles. The van der Waals surface area contributed by atoms with E-state index in [0.717, 1.165) is 12.7 Å². The molecule has 12 unspecified atom stereocenters. The molecular weight excluding hydrogens is 408 g/mol. The average molecular weight is 439 g/mol. The molecule has 6 bridgehead atoms. The fourth-order valence-corrected chi connectivity index (χ4v) is 8.72. The van der Waals surface area contributed by atoms with Crippen LogP contribution in [0.3, 0.4) is 0 Å². The van der Waals surface area contributed by atoms with E-state index in [1.165, 1.54) is 6.42 Å². The van der Waals surface area contributed by atoms with Crippen molar-refractivity contribution in [1.29, 1.82) is 0 Å². The van der Waals surface area contributed by atoms with Crippen molar-refractivity contribution in [2.75, 3.05) is 6.26 Å². The molecule has 8 heteroatoms. The molecule has 6 rings (SSSR count). The molecule has 0 aromatic rings. The van der Waals surface area contributed by atoms with Gasteiger partial charge >= 0.3 is 6.16 Å². The molecule has 5 fully saturated rings. The zero-order chi connectivity index (χ0) is 21.2. The summed E-state index contributed by atoms with van der Waals surface area (Å²) < 4.78 is 47.3. The molecule has 2 aliphatic heterocycles. The van der Waals surface area contributed by atoms with E-state index in [2.05, 4.69) is 12.2 Å². The first-order chi connectivity index (χ1) is 14.0. The molecule has 0 amide bonds. The van der Waals surface area contributed by atoms with Gasteiger partial charge in [-0.1, -0.05) is 12.2 Å². The van der Waals surface area contributed by atoms with Gasteiger partial charge in [-0.15, -0.1) is 0 Å². The van der Waals surface area contributed by atoms with Crippen LogP contribution < -0.4 is 0 Å². The van der Waals surface area contributed by atoms with Crippen molar-refractivity contribution in [1.82, 2.24) is 0 Å². The summed E-state index contributed by atoms with van der Waals surface area (Å²) in [6, 6.07) is 0. The molecule has 3 saturated carbocycles. The molecule has 0 N–H and O–H groups in total. The van der Waals surface area contributed by atoms with E-state index in [1.54, 1.807) is 20.8 Å². The van der Waals surface area contributed by atoms with Crippen molar-refractivity contribution in [2.24, 2.45) is 47.3 Å². The van der Waals surface area contributed by atoms with Crippen LogP contribution in [0.25, 0.3) is 0 Å². The van der Waals surface area contributed by atoms with Gasteiger partial charge in [0.05, 0.1) is 18.5 Å². The van der Waals surface area contributed by atoms with Gasteiger partial charge in [0.15, 0.2) is 0 Å². The minimum absolute atomic E-state index is 0.0289. The van der Waals surface area contributed by atoms with E-state index in [9.17, 15) is 13.2 Å². The zero-order valence-electron chi connectivity index (χ0n) is 17.8. The Hall–Kier alpha value is -1.12. The van der Waals surface area contributed by atoms with Crippen LogP contribution in [0.1, 0.15) is 33.6 Å². The minimum atomic E-state index is -3.69. The van der Waals surface area contributed by atoms with Crippen molar-refractivity contribution in [3.05, 3.63) is 12.2 Å². The van der Waals surface area contributed by atoms with Gasteiger partial charge in [-0.05, 0) is 75.0 Å². The first-order valence-corrected chi connectivity index (χ1v) is 13.0. The van der Waals surface area contributed by atoms with E-state index in [4.69, 9.17) is 18.4 Å². The van der Waals surface area contributed by atoms with Gasteiger partial charge in [-0.25, -0.2) is 4.79 Å². The number of ether oxygens (including phenoxy) is 3. The van der Waals surface area contributed by atoms with Crippen molar-refractivity contribution < 1.29 is 31.6 Å². The molecule has 0 radical (unpaired) electrons. The second kappa shape index (κ2) is 6.01. The Morgan fingerprint density at radius 1 is 0.933 bits per heavy atom. The third-order valence-corrected chi connectivity index (χ3v) is 9.04. The van der Waals surface area contributed by atoms with E-state index >= 15 is 0 Å². The van der Waals surface area contributed by atoms with Crippen molar-refractivity contribution in [2.45, 2.75) is 63.6 Å². The number of carbonyl (C=O) groups excluding carboxylic acids is 1. The van der Waals surface area contributed by atoms with Gasteiger partial charge < -0.3 is 14.2 Å². The average Bonchev–Trinajstić information content (AvgIpc) is 3.39. The van der Waals surface area contributed by atoms with Gasteiger partial charge in [0.1, 0.15) is 17.8 Å². The van der Waals surface area contributed by atoms with Crippen LogP contribution in [0.15, 0.2) is 12.2 Å². The number of hydrogen-bond acceptors (Lipinski definition) is 7. The smallest absolute Gasteiger partial charge is 0.429 e. The fraction of sp³-hybridized carbons (Fsp3) is 0.864. The highest BCUT2D eigenvalue weighted by Gasteiger charge is 2.75. The summed E-state index contributed by atoms with van der Waals surface area (Å²) >= 11 is 0. The quantitative estimate of drug-likeness (QED) is 0.380. The van der Waals surface area contributed by atoms with Crippen LogP contribution >= 0.6 is 0 Å². The SMILES string of the molecule is CC(C)(C)OC(=O)OC1C2CC(C1OS(C)(=O)=O)C1C3OC(C4C5C=CC(C5)C34)C21. The molecular formula is C22H30O7S. The van der Waals surface area contributed by atoms with Crippen LogP contribution in [0.4, 0.5) is 4.79 Å². The third-order valence-electron chi connectivity index (χ3n) is 8.47. The van der Waals surface area contributed by atoms with Gasteiger partial charge in [0.2, 0.25) is 0 Å². The second-order valence-electron chi connectivity index (χ2n) is 11.2. The Kier molecular flexibility index (Phi) is 3.92. The first-order valence-electron chi connectivity index (χ1n) is 11.1. The molecule has 4 aliphatic carbocycles. The van der Waals surface area contributed by atoms with Crippen LogP contribution in [-0.2, 0) is 28.5 Å². The maximum Gasteiger partial charge on any atom is 0.509 e. The Balaban J connectivity index is 1.30. The summed E-state index contributed by atoms with van der Waals surface area (Å²) in [7, 11) is -3.69. The van der Waals surface area contributed by atoms with Crippen molar-refractivity contribution in [3.8, 4) is 0 Å². The molecule has 6 aliphatic rings. The van der Waals surface area contributed by atoms with Gasteiger partial charge in [-0.2, -0.15) is 8.42 Å². The summed E-state index contributed by atoms with van der Waals surface area (Å²) in [5.74, 6) is 2.98. The molecule has 2 saturated heterocycles. The predicted octanol–water partition coefficient (Wildman–Crippen LogP) is 2.75. The minimum Gasteiger partial charge on any atom is -0.429 e. The van der Waals surface area contributed by atoms with Crippen LogP contribution in [0.2, 0.25) is 0 Å². The Bertz CT molecular complexity index is 905. The number of fused-ring (bicyclic) bond motifs is 16. The third kappa shape index (κ3) is 2.69. The Labute approximate surface area is 177 Å². The lowest BCUT2D eigenvalue weighted by Crippen LogP contribution is -2.53. The number of rotatable bonds is 3. The Morgan fingerprint density at radius 3 is 2.03 bits per heavy atom. The standard InChI is InChI=1S/C22H30O7S/c1-22(2,3)28-21(23)27-17-11-8-12(18(17)29-30(4,24)25)16-15(11)19-13-9-5-6-10(7-9)14(13)20(16)26-19/h5-6,9-20H,7-8H2,1-4H3. The molecule has 30 heavy (non-hydrogen) atoms. The molecule has 0 aromatic carbocycles. The molecule has 12 atom stereocenters. The van der Waals surface area contributed by atoms with Crippen LogP contribution in [0.5, 0.6) is 0 Å². The highest BCUT2D eigenvalue weighted by atomic mass is 32.2. The summed E-state index contributed by atoms with van der Waals surface area (Å²) in [5, 5.41) is 0. The van der Waals surface area contributed by atoms with E-state index in [0.29, 0.717) is 35.5 Å². The van der Waals surface area contributed by atoms with Gasteiger partial charge in [0, 0.05) is 5.92 Å². The summed E-state index contributed by atoms with van der Waals surface area (Å²) in [6.45, 7) is 5.34. The number of carbonyl (C=O) groups is 1. The monoisotopic (exact) mass is 438 g/mol. The summed E-state index contributed by atoms with van der Waals surface area (Å²) in [4.78, 5) is 12.5. The molecule has 0 aromatic heterocycles. The topological polar surface area (TPSA) is 88.1 Å². The van der Waals surface area contributed by atoms with Gasteiger partial charge in [0.25, 0.3) is 10.1 Å². The molecule has 0 spiro atoms. The maximum absolute atomic E-state index is 12.5. The van der Waals surface area contributed by atoms with E-state index < -0.39 is 34.1 Å². The lowest BCUT2D eigenvalue weighted by Gasteiger charge is -2.44. The maximum atomic E-state index is 12.5. The van der Waals surface area contributed by atoms with E-state index in [-0.39, 0.29) is 24.0 Å². The predicted molar refractivity (Wildman–Crippen MR) is 106 cm³/mol. The normalized spacial score (nSPS) is 52.0. The second-order valence-corrected chi connectivity index (χ2v) is 12.8. The Morgan fingerprint density at radius 2 is 1.50 bits per heavy atom. The first kappa shape index (κ1) is 19.6. The highest BCUT2D eigenvalue weighted by Crippen LogP contribution is 2.71. The van der Waals surface area contributed by atoms with E-state index in [1.807, 2.05) is 0 Å². The number of hydrogen-bond donors (Lipinski definition) is 0.